The van der Waals surface area contributed by atoms with Gasteiger partial charge in [-0.15, -0.1) is 0 Å². The average Bonchev–Trinajstić information content (AvgIpc) is 2.68. The summed E-state index contributed by atoms with van der Waals surface area (Å²) in [4.78, 5) is 8.01. The van der Waals surface area contributed by atoms with Gasteiger partial charge in [-0.2, -0.15) is 4.98 Å². The van der Waals surface area contributed by atoms with E-state index in [2.05, 4.69) is 20.0 Å². The van der Waals surface area contributed by atoms with Crippen LogP contribution in [0.1, 0.15) is 0 Å². The minimum absolute atomic E-state index is 0.0267. The summed E-state index contributed by atoms with van der Waals surface area (Å²) in [5, 5.41) is 7.99. The number of nitrogens with two attached hydrogens (primary N) is 1. The van der Waals surface area contributed by atoms with Crippen molar-refractivity contribution in [1.82, 2.24) is 9.97 Å². The van der Waals surface area contributed by atoms with Crippen molar-refractivity contribution in [3.05, 3.63) is 60.8 Å². The van der Waals surface area contributed by atoms with E-state index in [1.165, 1.54) is 67.9 Å². The van der Waals surface area contributed by atoms with Crippen molar-refractivity contribution in [1.29, 1.82) is 0 Å². The number of hydrogen-bond acceptors (Lipinski definition) is 8. The van der Waals surface area contributed by atoms with Crippen LogP contribution in [0.2, 0.25) is 0 Å². The summed E-state index contributed by atoms with van der Waals surface area (Å²) >= 11 is 0. The van der Waals surface area contributed by atoms with Crippen LogP contribution in [0, 0.1) is 0 Å². The van der Waals surface area contributed by atoms with Crippen LogP contribution in [0.4, 0.5) is 17.5 Å². The van der Waals surface area contributed by atoms with Gasteiger partial charge in [-0.3, -0.25) is 0 Å². The molecular formula is C17H17N5O5S2. The van der Waals surface area contributed by atoms with Gasteiger partial charge in [0.25, 0.3) is 10.0 Å². The first-order chi connectivity index (χ1) is 13.7. The quantitative estimate of drug-likeness (QED) is 0.506. The first-order valence-corrected chi connectivity index (χ1v) is 11.1. The van der Waals surface area contributed by atoms with Crippen molar-refractivity contribution >= 4 is 37.5 Å². The van der Waals surface area contributed by atoms with Crippen LogP contribution in [0.3, 0.4) is 0 Å². The summed E-state index contributed by atoms with van der Waals surface area (Å²) in [6, 6.07) is 13.1. The second-order valence-electron chi connectivity index (χ2n) is 5.74. The third-order valence-corrected chi connectivity index (χ3v) is 5.98. The van der Waals surface area contributed by atoms with Gasteiger partial charge in [-0.25, -0.2) is 31.7 Å². The summed E-state index contributed by atoms with van der Waals surface area (Å²) in [7, 11) is -6.19. The minimum Gasteiger partial charge on any atom is -0.497 e. The number of methoxy groups -OCH3 is 1. The molecule has 29 heavy (non-hydrogen) atoms. The Morgan fingerprint density at radius 3 is 2.10 bits per heavy atom. The zero-order chi connectivity index (χ0) is 21.1. The number of aromatic nitrogens is 2. The molecule has 12 heteroatoms. The average molecular weight is 435 g/mol. The molecular weight excluding hydrogens is 418 g/mol. The standard InChI is InChI=1S/C17H17N5O5S2/c1-27-13-4-8-15(9-5-13)29(25,26)22-17-19-11-10-16(21-17)20-12-2-6-14(7-3-12)28(18,23)24/h2-11H,1H3,(H2,18,23,24)(H2,19,20,21,22). The molecule has 0 radical (unpaired) electrons. The van der Waals surface area contributed by atoms with E-state index in [1.54, 1.807) is 0 Å². The molecule has 1 aromatic heterocycles. The molecule has 0 spiro atoms. The van der Waals surface area contributed by atoms with E-state index >= 15 is 0 Å². The molecule has 0 bridgehead atoms. The van der Waals surface area contributed by atoms with Gasteiger partial charge in [0.15, 0.2) is 0 Å². The molecule has 10 nitrogen and oxygen atoms in total. The van der Waals surface area contributed by atoms with E-state index in [0.29, 0.717) is 17.3 Å². The van der Waals surface area contributed by atoms with E-state index in [0.717, 1.165) is 0 Å². The van der Waals surface area contributed by atoms with Gasteiger partial charge in [-0.05, 0) is 54.6 Å². The molecule has 2 aromatic carbocycles. The Morgan fingerprint density at radius 1 is 0.897 bits per heavy atom. The van der Waals surface area contributed by atoms with Crippen LogP contribution in [0.5, 0.6) is 5.75 Å². The number of anilines is 3. The van der Waals surface area contributed by atoms with Crippen LogP contribution in [0.15, 0.2) is 70.6 Å². The third kappa shape index (κ3) is 5.19. The first-order valence-electron chi connectivity index (χ1n) is 8.07. The molecule has 0 aliphatic carbocycles. The van der Waals surface area contributed by atoms with Crippen molar-refractivity contribution in [2.24, 2.45) is 5.14 Å². The molecule has 1 heterocycles. The fourth-order valence-corrected chi connectivity index (χ4v) is 3.75. The highest BCUT2D eigenvalue weighted by Crippen LogP contribution is 2.20. The molecule has 0 fully saturated rings. The van der Waals surface area contributed by atoms with Crippen molar-refractivity contribution in [3.63, 3.8) is 0 Å². The van der Waals surface area contributed by atoms with E-state index < -0.39 is 20.0 Å². The molecule has 0 atom stereocenters. The van der Waals surface area contributed by atoms with Crippen LogP contribution in [-0.2, 0) is 20.0 Å². The zero-order valence-electron chi connectivity index (χ0n) is 15.1. The van der Waals surface area contributed by atoms with Crippen LogP contribution in [0.25, 0.3) is 0 Å². The van der Waals surface area contributed by atoms with E-state index in [4.69, 9.17) is 9.88 Å². The summed E-state index contributed by atoms with van der Waals surface area (Å²) < 4.78 is 54.9. The topological polar surface area (TPSA) is 153 Å². The Hall–Kier alpha value is -3.22. The van der Waals surface area contributed by atoms with Gasteiger partial charge in [-0.1, -0.05) is 0 Å². The van der Waals surface area contributed by atoms with Gasteiger partial charge in [0.1, 0.15) is 11.6 Å². The van der Waals surface area contributed by atoms with Crippen molar-refractivity contribution < 1.29 is 21.6 Å². The number of rotatable bonds is 7. The maximum atomic E-state index is 12.5. The van der Waals surface area contributed by atoms with Crippen molar-refractivity contribution in [2.45, 2.75) is 9.79 Å². The number of benzene rings is 2. The third-order valence-electron chi connectivity index (χ3n) is 3.71. The second-order valence-corrected chi connectivity index (χ2v) is 8.98. The molecule has 3 aromatic rings. The van der Waals surface area contributed by atoms with Crippen molar-refractivity contribution in [2.75, 3.05) is 17.1 Å². The lowest BCUT2D eigenvalue weighted by molar-refractivity contribution is 0.414. The number of sulfonamides is 2. The van der Waals surface area contributed by atoms with Crippen molar-refractivity contribution in [3.8, 4) is 5.75 Å². The Bertz CT molecular complexity index is 1210. The van der Waals surface area contributed by atoms with E-state index in [-0.39, 0.29) is 15.7 Å². The highest BCUT2D eigenvalue weighted by Gasteiger charge is 2.16. The number of nitrogens with one attached hydrogen (secondary N) is 2. The first kappa shape index (κ1) is 20.5. The highest BCUT2D eigenvalue weighted by atomic mass is 32.2. The fourth-order valence-electron chi connectivity index (χ4n) is 2.29. The molecule has 0 aliphatic rings. The van der Waals surface area contributed by atoms with E-state index in [1.807, 2.05) is 0 Å². The Kier molecular flexibility index (Phi) is 5.68. The Labute approximate surface area is 167 Å². The fraction of sp³-hybridized carbons (Fsp3) is 0.0588. The number of nitrogens with zero attached hydrogens (tertiary/aromatic N) is 2. The van der Waals surface area contributed by atoms with Crippen LogP contribution < -0.4 is 19.9 Å². The van der Waals surface area contributed by atoms with E-state index in [9.17, 15) is 16.8 Å². The largest absolute Gasteiger partial charge is 0.497 e. The maximum absolute atomic E-state index is 12.5. The maximum Gasteiger partial charge on any atom is 0.264 e. The summed E-state index contributed by atoms with van der Waals surface area (Å²) in [6.07, 6.45) is 1.37. The molecule has 0 saturated heterocycles. The second kappa shape index (κ2) is 8.03. The normalized spacial score (nSPS) is 11.7. The van der Waals surface area contributed by atoms with Gasteiger partial charge in [0.05, 0.1) is 16.9 Å². The Morgan fingerprint density at radius 2 is 1.52 bits per heavy atom. The van der Waals surface area contributed by atoms with Gasteiger partial charge < -0.3 is 10.1 Å². The van der Waals surface area contributed by atoms with Crippen LogP contribution in [-0.4, -0.2) is 33.9 Å². The molecule has 4 N–H and O–H groups in total. The molecule has 0 saturated carbocycles. The number of primary sulfonamides is 1. The summed E-state index contributed by atoms with van der Waals surface area (Å²) in [5.41, 5.74) is 0.528. The zero-order valence-corrected chi connectivity index (χ0v) is 16.7. The number of hydrogen-bond donors (Lipinski definition) is 3. The molecule has 0 unspecified atom stereocenters. The Balaban J connectivity index is 1.76. The summed E-state index contributed by atoms with van der Waals surface area (Å²) in [5.74, 6) is 0.697. The minimum atomic E-state index is -3.89. The number of ether oxygens (including phenoxy) is 1. The predicted molar refractivity (Wildman–Crippen MR) is 107 cm³/mol. The highest BCUT2D eigenvalue weighted by molar-refractivity contribution is 7.92. The van der Waals surface area contributed by atoms with Gasteiger partial charge >= 0.3 is 0 Å². The smallest absolute Gasteiger partial charge is 0.264 e. The van der Waals surface area contributed by atoms with Gasteiger partial charge in [0, 0.05) is 11.9 Å². The predicted octanol–water partition coefficient (Wildman–Crippen LogP) is 1.68. The lowest BCUT2D eigenvalue weighted by atomic mass is 10.3. The molecule has 3 rings (SSSR count). The lowest BCUT2D eigenvalue weighted by Crippen LogP contribution is -2.15. The molecule has 0 aliphatic heterocycles. The summed E-state index contributed by atoms with van der Waals surface area (Å²) in [6.45, 7) is 0. The monoisotopic (exact) mass is 435 g/mol. The molecule has 152 valence electrons. The SMILES string of the molecule is COc1ccc(S(=O)(=O)Nc2nccc(Nc3ccc(S(N)(=O)=O)cc3)n2)cc1. The lowest BCUT2D eigenvalue weighted by Gasteiger charge is -2.10. The van der Waals surface area contributed by atoms with Gasteiger partial charge in [0.2, 0.25) is 16.0 Å². The molecule has 0 amide bonds. The van der Waals surface area contributed by atoms with Crippen LogP contribution >= 0.6 is 0 Å².